The van der Waals surface area contributed by atoms with E-state index < -0.39 is 129 Å². The number of carboxylic acid groups (broad SMARTS) is 1. The minimum atomic E-state index is -2.12. The summed E-state index contributed by atoms with van der Waals surface area (Å²) in [4.78, 5) is 78.2. The van der Waals surface area contributed by atoms with E-state index in [2.05, 4.69) is 16.0 Å². The second kappa shape index (κ2) is 16.0. The molecule has 6 amide bonds. The van der Waals surface area contributed by atoms with Gasteiger partial charge in [0.25, 0.3) is 5.91 Å². The number of phenols is 3. The van der Waals surface area contributed by atoms with Crippen molar-refractivity contribution in [2.24, 2.45) is 0 Å². The highest BCUT2D eigenvalue weighted by Crippen LogP contribution is 2.41. The van der Waals surface area contributed by atoms with Crippen molar-refractivity contribution in [3.63, 3.8) is 0 Å². The quantitative estimate of drug-likeness (QED) is 0.0472. The van der Waals surface area contributed by atoms with E-state index in [-0.39, 0.29) is 38.0 Å². The van der Waals surface area contributed by atoms with Crippen LogP contribution in [0.4, 0.5) is 22.4 Å². The van der Waals surface area contributed by atoms with Crippen LogP contribution in [0.3, 0.4) is 0 Å². The van der Waals surface area contributed by atoms with Crippen molar-refractivity contribution in [2.75, 3.05) is 26.2 Å². The second-order valence-electron chi connectivity index (χ2n) is 12.0. The van der Waals surface area contributed by atoms with Crippen LogP contribution in [0.5, 0.6) is 23.0 Å². The number of benzene rings is 3. The summed E-state index contributed by atoms with van der Waals surface area (Å²) in [5.41, 5.74) is -2.49. The van der Waals surface area contributed by atoms with Crippen molar-refractivity contribution in [3.05, 3.63) is 80.9 Å². The predicted molar refractivity (Wildman–Crippen MR) is 177 cm³/mol. The molecule has 2 aliphatic rings. The molecule has 3 aromatic carbocycles. The van der Waals surface area contributed by atoms with E-state index in [1.165, 1.54) is 0 Å². The maximum Gasteiger partial charge on any atom is 0.547 e. The average Bonchev–Trinajstić information content (AvgIpc) is 3.11. The van der Waals surface area contributed by atoms with Crippen LogP contribution in [0.15, 0.2) is 30.3 Å². The zero-order valence-corrected chi connectivity index (χ0v) is 28.5. The molecule has 8 N–H and O–H groups in total. The molecule has 2 heterocycles. The van der Waals surface area contributed by atoms with E-state index >= 15 is 0 Å². The third kappa shape index (κ3) is 8.14. The zero-order valence-electron chi connectivity index (χ0n) is 27.7. The fraction of sp³-hybridized carbons (Fsp3) is 0.250. The Hall–Kier alpha value is -6.29. The maximum absolute atomic E-state index is 14.6. The number of hydrogen-bond donors (Lipinski definition) is 8. The molecule has 1 fully saturated rings. The van der Waals surface area contributed by atoms with Crippen molar-refractivity contribution < 1.29 is 76.4 Å². The van der Waals surface area contributed by atoms with Gasteiger partial charge in [-0.3, -0.25) is 24.1 Å². The summed E-state index contributed by atoms with van der Waals surface area (Å²) in [7, 11) is -2.01. The van der Waals surface area contributed by atoms with Gasteiger partial charge in [-0.1, -0.05) is 17.7 Å². The number of aromatic carboxylic acids is 1. The van der Waals surface area contributed by atoms with Gasteiger partial charge >= 0.3 is 30.9 Å². The topological polar surface area (TPSA) is 255 Å². The van der Waals surface area contributed by atoms with Gasteiger partial charge in [-0.25, -0.2) is 27.2 Å². The normalized spacial score (nSPS) is 15.9. The van der Waals surface area contributed by atoms with Gasteiger partial charge in [-0.05, 0) is 30.5 Å². The van der Waals surface area contributed by atoms with Crippen molar-refractivity contribution in [1.82, 2.24) is 25.8 Å². The van der Waals surface area contributed by atoms with E-state index in [0.29, 0.717) is 23.1 Å². The lowest BCUT2D eigenvalue weighted by Gasteiger charge is -2.34. The van der Waals surface area contributed by atoms with Gasteiger partial charge < -0.3 is 51.0 Å². The summed E-state index contributed by atoms with van der Waals surface area (Å²) in [5.74, 6) is -17.3. The molecule has 0 bridgehead atoms. The molecule has 2 unspecified atom stereocenters. The van der Waals surface area contributed by atoms with Crippen LogP contribution in [-0.4, -0.2) is 110 Å². The smallest absolute Gasteiger partial charge is 0.534 e. The Bertz CT molecular complexity index is 2110. The molecular formula is C32H27BClF4N5O12. The molecule has 0 aliphatic carbocycles. The number of carbonyl (C=O) groups excluding carboxylic acids is 5. The first-order valence-electron chi connectivity index (χ1n) is 15.9. The summed E-state index contributed by atoms with van der Waals surface area (Å²) in [5, 5.41) is 55.0. The zero-order chi connectivity index (χ0) is 40.5. The number of imide groups is 1. The highest BCUT2D eigenvalue weighted by Gasteiger charge is 2.42. The molecule has 0 saturated carbocycles. The van der Waals surface area contributed by atoms with Gasteiger partial charge in [0.15, 0.2) is 17.3 Å². The van der Waals surface area contributed by atoms with Crippen molar-refractivity contribution in [2.45, 2.75) is 24.8 Å². The van der Waals surface area contributed by atoms with Crippen LogP contribution in [0.25, 0.3) is 0 Å². The van der Waals surface area contributed by atoms with Crippen LogP contribution < -0.4 is 20.6 Å². The SMILES string of the molecule is O=C(NCCCN1CCN(C(=O)NC(C(=O)NC2Cc3ccc(F)c(C(=O)O)c3OB2O)c2cc(F)c(O)c(O)c2Cl)C(=O)C1=O)c1c(F)cc(O)cc1F. The monoisotopic (exact) mass is 795 g/mol. The second-order valence-corrected chi connectivity index (χ2v) is 12.4. The first-order chi connectivity index (χ1) is 25.9. The van der Waals surface area contributed by atoms with E-state index in [1.807, 2.05) is 0 Å². The number of carbonyl (C=O) groups is 6. The molecule has 17 nitrogen and oxygen atoms in total. The third-order valence-electron chi connectivity index (χ3n) is 8.49. The van der Waals surface area contributed by atoms with Gasteiger partial charge in [0.05, 0.1) is 11.0 Å². The molecule has 0 spiro atoms. The number of hydrogen-bond acceptors (Lipinski definition) is 11. The molecule has 0 radical (unpaired) electrons. The van der Waals surface area contributed by atoms with Gasteiger partial charge in [0, 0.05) is 43.9 Å². The van der Waals surface area contributed by atoms with Crippen LogP contribution >= 0.6 is 11.6 Å². The van der Waals surface area contributed by atoms with Gasteiger partial charge in [-0.15, -0.1) is 0 Å². The fourth-order valence-corrected chi connectivity index (χ4v) is 6.02. The lowest BCUT2D eigenvalue weighted by molar-refractivity contribution is -0.153. The van der Waals surface area contributed by atoms with E-state index in [0.717, 1.165) is 17.0 Å². The van der Waals surface area contributed by atoms with E-state index in [1.54, 1.807) is 0 Å². The van der Waals surface area contributed by atoms with Crippen LogP contribution in [0.1, 0.15) is 44.3 Å². The molecule has 0 aromatic heterocycles. The number of amides is 6. The molecular weight excluding hydrogens is 769 g/mol. The van der Waals surface area contributed by atoms with E-state index in [9.17, 15) is 71.8 Å². The fourth-order valence-electron chi connectivity index (χ4n) is 5.76. The molecule has 2 aliphatic heterocycles. The number of phenolic OH excluding ortho intramolecular Hbond substituents is 3. The number of carboxylic acids is 1. The molecule has 23 heteroatoms. The summed E-state index contributed by atoms with van der Waals surface area (Å²) >= 11 is 6.10. The largest absolute Gasteiger partial charge is 0.547 e. The Morgan fingerprint density at radius 2 is 1.60 bits per heavy atom. The lowest BCUT2D eigenvalue weighted by atomic mass is 9.72. The van der Waals surface area contributed by atoms with Crippen molar-refractivity contribution in [1.29, 1.82) is 0 Å². The van der Waals surface area contributed by atoms with Crippen molar-refractivity contribution >= 4 is 54.3 Å². The van der Waals surface area contributed by atoms with Crippen LogP contribution in [0, 0.1) is 23.3 Å². The highest BCUT2D eigenvalue weighted by molar-refractivity contribution is 6.47. The van der Waals surface area contributed by atoms with E-state index in [4.69, 9.17) is 16.3 Å². The third-order valence-corrected chi connectivity index (χ3v) is 8.88. The first-order valence-corrected chi connectivity index (χ1v) is 16.3. The van der Waals surface area contributed by atoms with Crippen molar-refractivity contribution in [3.8, 4) is 23.0 Å². The number of halogens is 5. The molecule has 290 valence electrons. The lowest BCUT2D eigenvalue weighted by Crippen LogP contribution is -2.60. The average molecular weight is 796 g/mol. The van der Waals surface area contributed by atoms with Crippen LogP contribution in [0.2, 0.25) is 5.02 Å². The van der Waals surface area contributed by atoms with Gasteiger partial charge in [0.2, 0.25) is 5.91 Å². The Morgan fingerprint density at radius 1 is 0.927 bits per heavy atom. The molecule has 3 aromatic rings. The summed E-state index contributed by atoms with van der Waals surface area (Å²) < 4.78 is 61.9. The Morgan fingerprint density at radius 3 is 2.25 bits per heavy atom. The summed E-state index contributed by atoms with van der Waals surface area (Å²) in [6.07, 6.45) is -0.391. The molecule has 5 rings (SSSR count). The summed E-state index contributed by atoms with van der Waals surface area (Å²) in [6, 6.07) is -0.0388. The number of rotatable bonds is 10. The standard InChI is InChI=1S/C32H27BClF4N5O12/c34-22-14(11-18(38)24(45)25(22)46)23(28(48)40-19-8-12-2-3-15(35)21(31(51)52)26(12)55-33(19)54)41-32(53)43-7-6-42(29(49)30(43)50)5-1-4-39-27(47)20-16(36)9-13(44)10-17(20)37/h2-3,9-11,19,23,44-46,54H,1,4-8H2,(H,39,47)(H,40,48)(H,41,53)(H,51,52). The Labute approximate surface area is 311 Å². The Kier molecular flexibility index (Phi) is 11.6. The van der Waals surface area contributed by atoms with Gasteiger partial charge in [0.1, 0.15) is 46.1 Å². The molecule has 1 saturated heterocycles. The number of fused-ring (bicyclic) bond motifs is 1. The highest BCUT2D eigenvalue weighted by atomic mass is 35.5. The number of urea groups is 1. The molecule has 2 atom stereocenters. The predicted octanol–water partition coefficient (Wildman–Crippen LogP) is 1.09. The number of nitrogens with one attached hydrogen (secondary N) is 3. The summed E-state index contributed by atoms with van der Waals surface area (Å²) in [6.45, 7) is -1.15. The number of piperazine rings is 1. The van der Waals surface area contributed by atoms with Crippen LogP contribution in [-0.2, 0) is 20.8 Å². The van der Waals surface area contributed by atoms with Gasteiger partial charge in [-0.2, -0.15) is 0 Å². The minimum Gasteiger partial charge on any atom is -0.534 e. The molecule has 55 heavy (non-hydrogen) atoms. The Balaban J connectivity index is 1.27. The first kappa shape index (κ1) is 39.9. The maximum atomic E-state index is 14.6. The number of nitrogens with zero attached hydrogens (tertiary/aromatic N) is 2. The number of aromatic hydroxyl groups is 3. The minimum absolute atomic E-state index is 0.0251.